The van der Waals surface area contributed by atoms with E-state index in [2.05, 4.69) is 4.98 Å². The number of carboxylic acids is 1. The van der Waals surface area contributed by atoms with Gasteiger partial charge in [0.1, 0.15) is 0 Å². The molecular weight excluding hydrogens is 232 g/mol. The average Bonchev–Trinajstić information content (AvgIpc) is 2.38. The van der Waals surface area contributed by atoms with Gasteiger partial charge in [0, 0.05) is 24.8 Å². The molecule has 1 aromatic rings. The first-order chi connectivity index (χ1) is 8.61. The second-order valence-electron chi connectivity index (χ2n) is 4.46. The average molecular weight is 248 g/mol. The van der Waals surface area contributed by atoms with Crippen molar-refractivity contribution >= 4 is 17.4 Å². The Hall–Kier alpha value is -1.91. The van der Waals surface area contributed by atoms with Crippen molar-refractivity contribution in [2.75, 3.05) is 18.0 Å². The smallest absolute Gasteiger partial charge is 0.356 e. The van der Waals surface area contributed by atoms with Crippen LogP contribution in [0.2, 0.25) is 0 Å². The number of hydrogen-bond acceptors (Lipinski definition) is 4. The monoisotopic (exact) mass is 248 g/mol. The normalized spacial score (nSPS) is 15.5. The molecule has 2 rings (SSSR count). The Morgan fingerprint density at radius 1 is 1.28 bits per heavy atom. The summed E-state index contributed by atoms with van der Waals surface area (Å²) in [6.07, 6.45) is 4.57. The van der Waals surface area contributed by atoms with Crippen molar-refractivity contribution < 1.29 is 14.7 Å². The van der Waals surface area contributed by atoms with Crippen LogP contribution < -0.4 is 4.90 Å². The van der Waals surface area contributed by atoms with Gasteiger partial charge >= 0.3 is 5.97 Å². The van der Waals surface area contributed by atoms with Crippen molar-refractivity contribution in [2.45, 2.75) is 26.2 Å². The summed E-state index contributed by atoms with van der Waals surface area (Å²) in [5.74, 6) is -1.21. The first kappa shape index (κ1) is 12.5. The molecule has 96 valence electrons. The van der Waals surface area contributed by atoms with E-state index in [0.29, 0.717) is 11.3 Å². The Morgan fingerprint density at radius 2 is 1.94 bits per heavy atom. The lowest BCUT2D eigenvalue weighted by atomic mass is 10.0. The highest BCUT2D eigenvalue weighted by Gasteiger charge is 2.24. The lowest BCUT2D eigenvalue weighted by molar-refractivity contribution is 0.0691. The molecule has 1 aliphatic rings. The molecule has 0 atom stereocenters. The van der Waals surface area contributed by atoms with Crippen molar-refractivity contribution in [3.05, 3.63) is 23.5 Å². The number of carbonyl (C=O) groups excluding carboxylic acids is 1. The maximum Gasteiger partial charge on any atom is 0.356 e. The number of pyridine rings is 1. The third-order valence-corrected chi connectivity index (χ3v) is 3.18. The Balaban J connectivity index is 2.52. The summed E-state index contributed by atoms with van der Waals surface area (Å²) < 4.78 is 0. The number of ketones is 1. The molecule has 1 saturated heterocycles. The van der Waals surface area contributed by atoms with E-state index >= 15 is 0 Å². The number of carbonyl (C=O) groups is 2. The largest absolute Gasteiger partial charge is 0.476 e. The number of piperidine rings is 1. The zero-order valence-corrected chi connectivity index (χ0v) is 10.3. The minimum Gasteiger partial charge on any atom is -0.476 e. The van der Waals surface area contributed by atoms with Gasteiger partial charge in [-0.1, -0.05) is 0 Å². The Kier molecular flexibility index (Phi) is 3.60. The number of rotatable bonds is 3. The molecule has 1 fully saturated rings. The van der Waals surface area contributed by atoms with Crippen LogP contribution in [0.5, 0.6) is 0 Å². The van der Waals surface area contributed by atoms with Gasteiger partial charge in [-0.25, -0.2) is 9.78 Å². The molecule has 0 amide bonds. The zero-order valence-electron chi connectivity index (χ0n) is 10.3. The molecule has 1 aromatic heterocycles. The molecule has 5 nitrogen and oxygen atoms in total. The number of carboxylic acid groups (broad SMARTS) is 1. The molecule has 2 heterocycles. The first-order valence-corrected chi connectivity index (χ1v) is 6.09. The van der Waals surface area contributed by atoms with Crippen LogP contribution in [0, 0.1) is 0 Å². The zero-order chi connectivity index (χ0) is 13.1. The summed E-state index contributed by atoms with van der Waals surface area (Å²) in [6, 6.07) is 1.60. The number of aromatic nitrogens is 1. The fraction of sp³-hybridized carbons (Fsp3) is 0.462. The van der Waals surface area contributed by atoms with Crippen LogP contribution in [-0.2, 0) is 0 Å². The van der Waals surface area contributed by atoms with E-state index in [-0.39, 0.29) is 11.5 Å². The molecule has 0 aromatic carbocycles. The van der Waals surface area contributed by atoms with Crippen LogP contribution in [0.25, 0.3) is 0 Å². The van der Waals surface area contributed by atoms with Crippen LogP contribution >= 0.6 is 0 Å². The lowest BCUT2D eigenvalue weighted by Gasteiger charge is -2.30. The van der Waals surface area contributed by atoms with Gasteiger partial charge in [-0.2, -0.15) is 0 Å². The van der Waals surface area contributed by atoms with Gasteiger partial charge < -0.3 is 10.0 Å². The van der Waals surface area contributed by atoms with Crippen LogP contribution in [0.1, 0.15) is 47.0 Å². The number of anilines is 1. The highest BCUT2D eigenvalue weighted by molar-refractivity contribution is 6.05. The van der Waals surface area contributed by atoms with Gasteiger partial charge in [0.15, 0.2) is 11.5 Å². The Labute approximate surface area is 105 Å². The van der Waals surface area contributed by atoms with E-state index in [4.69, 9.17) is 0 Å². The molecule has 1 N–H and O–H groups in total. The molecule has 0 bridgehead atoms. The number of Topliss-reactive ketones (excluding diaryl/α,β-unsaturated/α-hetero) is 1. The maximum atomic E-state index is 11.6. The summed E-state index contributed by atoms with van der Waals surface area (Å²) >= 11 is 0. The molecule has 0 unspecified atom stereocenters. The van der Waals surface area contributed by atoms with Gasteiger partial charge in [0.05, 0.1) is 5.69 Å². The van der Waals surface area contributed by atoms with E-state index in [0.717, 1.165) is 32.4 Å². The highest BCUT2D eigenvalue weighted by atomic mass is 16.4. The van der Waals surface area contributed by atoms with Gasteiger partial charge in [-0.05, 0) is 32.3 Å². The SMILES string of the molecule is CC(=O)c1ccnc(C(=O)O)c1N1CCCCC1. The van der Waals surface area contributed by atoms with Crippen LogP contribution in [0.3, 0.4) is 0 Å². The molecular formula is C13H16N2O3. The topological polar surface area (TPSA) is 70.5 Å². The number of hydrogen-bond donors (Lipinski definition) is 1. The minimum absolute atomic E-state index is 0.0235. The summed E-state index contributed by atoms with van der Waals surface area (Å²) in [5.41, 5.74) is 0.908. The van der Waals surface area contributed by atoms with Crippen molar-refractivity contribution in [3.63, 3.8) is 0 Å². The quantitative estimate of drug-likeness (QED) is 0.828. The van der Waals surface area contributed by atoms with E-state index in [9.17, 15) is 14.7 Å². The highest BCUT2D eigenvalue weighted by Crippen LogP contribution is 2.27. The lowest BCUT2D eigenvalue weighted by Crippen LogP contribution is -2.32. The summed E-state index contributed by atoms with van der Waals surface area (Å²) in [4.78, 5) is 28.7. The minimum atomic E-state index is -1.08. The number of nitrogens with zero attached hydrogens (tertiary/aromatic N) is 2. The second-order valence-corrected chi connectivity index (χ2v) is 4.46. The van der Waals surface area contributed by atoms with E-state index < -0.39 is 5.97 Å². The van der Waals surface area contributed by atoms with Crippen molar-refractivity contribution in [1.82, 2.24) is 4.98 Å². The molecule has 0 saturated carbocycles. The summed E-state index contributed by atoms with van der Waals surface area (Å²) in [7, 11) is 0. The van der Waals surface area contributed by atoms with Crippen LogP contribution in [-0.4, -0.2) is 34.9 Å². The fourth-order valence-electron chi connectivity index (χ4n) is 2.33. The van der Waals surface area contributed by atoms with E-state index in [1.807, 2.05) is 4.90 Å². The summed E-state index contributed by atoms with van der Waals surface area (Å²) in [5, 5.41) is 9.20. The van der Waals surface area contributed by atoms with E-state index in [1.54, 1.807) is 6.07 Å². The first-order valence-electron chi connectivity index (χ1n) is 6.09. The third-order valence-electron chi connectivity index (χ3n) is 3.18. The van der Waals surface area contributed by atoms with Gasteiger partial charge in [-0.3, -0.25) is 4.79 Å². The van der Waals surface area contributed by atoms with E-state index in [1.165, 1.54) is 13.1 Å². The molecule has 0 aliphatic carbocycles. The van der Waals surface area contributed by atoms with Crippen molar-refractivity contribution in [1.29, 1.82) is 0 Å². The van der Waals surface area contributed by atoms with Crippen LogP contribution in [0.4, 0.5) is 5.69 Å². The second kappa shape index (κ2) is 5.16. The van der Waals surface area contributed by atoms with Gasteiger partial charge in [0.25, 0.3) is 0 Å². The fourth-order valence-corrected chi connectivity index (χ4v) is 2.33. The molecule has 18 heavy (non-hydrogen) atoms. The van der Waals surface area contributed by atoms with Gasteiger partial charge in [-0.15, -0.1) is 0 Å². The maximum absolute atomic E-state index is 11.6. The van der Waals surface area contributed by atoms with Crippen molar-refractivity contribution in [2.24, 2.45) is 0 Å². The molecule has 0 spiro atoms. The van der Waals surface area contributed by atoms with Gasteiger partial charge in [0.2, 0.25) is 0 Å². The predicted octanol–water partition coefficient (Wildman–Crippen LogP) is 1.97. The standard InChI is InChI=1S/C13H16N2O3/c1-9(16)10-5-6-14-11(13(17)18)12(10)15-7-3-2-4-8-15/h5-6H,2-4,7-8H2,1H3,(H,17,18). The molecule has 5 heteroatoms. The Bertz CT molecular complexity index is 447. The number of aromatic carboxylic acids is 1. The van der Waals surface area contributed by atoms with Crippen LogP contribution in [0.15, 0.2) is 12.3 Å². The van der Waals surface area contributed by atoms with Crippen molar-refractivity contribution in [3.8, 4) is 0 Å². The molecule has 0 radical (unpaired) electrons. The summed E-state index contributed by atoms with van der Waals surface area (Å²) in [6.45, 7) is 3.02. The Morgan fingerprint density at radius 3 is 2.50 bits per heavy atom. The third kappa shape index (κ3) is 2.34. The molecule has 1 aliphatic heterocycles. The predicted molar refractivity (Wildman–Crippen MR) is 67.3 cm³/mol.